The quantitative estimate of drug-likeness (QED) is 0.722. The lowest BCUT2D eigenvalue weighted by Crippen LogP contribution is -2.12. The van der Waals surface area contributed by atoms with Crippen LogP contribution in [0.4, 0.5) is 5.13 Å². The summed E-state index contributed by atoms with van der Waals surface area (Å²) in [6.07, 6.45) is 1.95. The highest BCUT2D eigenvalue weighted by Gasteiger charge is 2.33. The van der Waals surface area contributed by atoms with Crippen LogP contribution in [0.1, 0.15) is 19.2 Å². The smallest absolute Gasteiger partial charge is 0.202 e. The minimum Gasteiger partial charge on any atom is -0.356 e. The Morgan fingerprint density at radius 1 is 1.75 bits per heavy atom. The number of rotatable bonds is 3. The SMILES string of the molecule is CCc1nsc(NC2CC2N)n1. The maximum Gasteiger partial charge on any atom is 0.202 e. The van der Waals surface area contributed by atoms with Gasteiger partial charge in [-0.05, 0) is 6.42 Å². The van der Waals surface area contributed by atoms with Crippen molar-refractivity contribution in [2.75, 3.05) is 5.32 Å². The fourth-order valence-electron chi connectivity index (χ4n) is 0.995. The maximum atomic E-state index is 5.65. The summed E-state index contributed by atoms with van der Waals surface area (Å²) >= 11 is 1.42. The molecule has 0 aliphatic heterocycles. The van der Waals surface area contributed by atoms with Gasteiger partial charge in [0.05, 0.1) is 0 Å². The zero-order chi connectivity index (χ0) is 8.55. The van der Waals surface area contributed by atoms with Gasteiger partial charge in [0.15, 0.2) is 0 Å². The van der Waals surface area contributed by atoms with Crippen molar-refractivity contribution in [3.8, 4) is 0 Å². The molecule has 0 amide bonds. The number of hydrogen-bond donors (Lipinski definition) is 2. The summed E-state index contributed by atoms with van der Waals surface area (Å²) in [6, 6.07) is 0.752. The minimum atomic E-state index is 0.318. The molecule has 1 aliphatic carbocycles. The molecule has 4 nitrogen and oxygen atoms in total. The van der Waals surface area contributed by atoms with E-state index < -0.39 is 0 Å². The predicted octanol–water partition coefficient (Wildman–Crippen LogP) is 0.612. The van der Waals surface area contributed by atoms with Gasteiger partial charge in [0, 0.05) is 30.0 Å². The Balaban J connectivity index is 1.95. The molecule has 2 rings (SSSR count). The number of aromatic nitrogens is 2. The molecule has 2 atom stereocenters. The number of nitrogens with two attached hydrogens (primary N) is 1. The van der Waals surface area contributed by atoms with E-state index in [4.69, 9.17) is 5.73 Å². The lowest BCUT2D eigenvalue weighted by atomic mass is 10.5. The minimum absolute atomic E-state index is 0.318. The van der Waals surface area contributed by atoms with Crippen molar-refractivity contribution in [3.05, 3.63) is 5.82 Å². The van der Waals surface area contributed by atoms with Gasteiger partial charge in [0.1, 0.15) is 5.82 Å². The van der Waals surface area contributed by atoms with Crippen molar-refractivity contribution in [2.24, 2.45) is 5.73 Å². The zero-order valence-electron chi connectivity index (χ0n) is 6.95. The van der Waals surface area contributed by atoms with Crippen LogP contribution >= 0.6 is 11.5 Å². The Labute approximate surface area is 75.4 Å². The van der Waals surface area contributed by atoms with Crippen molar-refractivity contribution in [2.45, 2.75) is 31.8 Å². The number of nitrogens with zero attached hydrogens (tertiary/aromatic N) is 2. The third-order valence-electron chi connectivity index (χ3n) is 1.93. The van der Waals surface area contributed by atoms with Crippen LogP contribution in [0.3, 0.4) is 0 Å². The van der Waals surface area contributed by atoms with Gasteiger partial charge in [0.25, 0.3) is 0 Å². The summed E-state index contributed by atoms with van der Waals surface area (Å²) < 4.78 is 4.17. The molecule has 1 fully saturated rings. The van der Waals surface area contributed by atoms with E-state index in [0.717, 1.165) is 23.8 Å². The topological polar surface area (TPSA) is 63.8 Å². The third-order valence-corrected chi connectivity index (χ3v) is 2.62. The Hall–Kier alpha value is -0.680. The summed E-state index contributed by atoms with van der Waals surface area (Å²) in [7, 11) is 0. The van der Waals surface area contributed by atoms with Crippen LogP contribution in [-0.4, -0.2) is 21.4 Å². The first kappa shape index (κ1) is 7.94. The largest absolute Gasteiger partial charge is 0.356 e. The second-order valence-corrected chi connectivity index (χ2v) is 3.77. The van der Waals surface area contributed by atoms with Gasteiger partial charge in [-0.1, -0.05) is 6.92 Å². The van der Waals surface area contributed by atoms with E-state index in [1.54, 1.807) is 0 Å². The molecule has 1 aliphatic rings. The second-order valence-electron chi connectivity index (χ2n) is 3.02. The number of anilines is 1. The van der Waals surface area contributed by atoms with Crippen molar-refractivity contribution in [1.29, 1.82) is 0 Å². The van der Waals surface area contributed by atoms with E-state index in [2.05, 4.69) is 21.6 Å². The van der Waals surface area contributed by atoms with Crippen LogP contribution in [0, 0.1) is 0 Å². The number of hydrogen-bond acceptors (Lipinski definition) is 5. The highest BCUT2D eigenvalue weighted by atomic mass is 32.1. The predicted molar refractivity (Wildman–Crippen MR) is 49.3 cm³/mol. The van der Waals surface area contributed by atoms with Crippen LogP contribution in [0.2, 0.25) is 0 Å². The van der Waals surface area contributed by atoms with E-state index >= 15 is 0 Å². The van der Waals surface area contributed by atoms with Crippen molar-refractivity contribution >= 4 is 16.7 Å². The van der Waals surface area contributed by atoms with Crippen LogP contribution in [0.5, 0.6) is 0 Å². The molecule has 2 unspecified atom stereocenters. The van der Waals surface area contributed by atoms with Crippen molar-refractivity contribution in [3.63, 3.8) is 0 Å². The molecule has 5 heteroatoms. The zero-order valence-corrected chi connectivity index (χ0v) is 7.77. The lowest BCUT2D eigenvalue weighted by molar-refractivity contribution is 0.975. The molecule has 1 aromatic rings. The monoisotopic (exact) mass is 184 g/mol. The molecule has 0 saturated heterocycles. The fraction of sp³-hybridized carbons (Fsp3) is 0.714. The fourth-order valence-corrected chi connectivity index (χ4v) is 1.71. The van der Waals surface area contributed by atoms with Crippen LogP contribution in [0.25, 0.3) is 0 Å². The first-order chi connectivity index (χ1) is 5.79. The first-order valence-electron chi connectivity index (χ1n) is 4.14. The van der Waals surface area contributed by atoms with Gasteiger partial charge < -0.3 is 11.1 Å². The van der Waals surface area contributed by atoms with E-state index in [1.807, 2.05) is 0 Å². The summed E-state index contributed by atoms with van der Waals surface area (Å²) in [4.78, 5) is 4.28. The Kier molecular flexibility index (Phi) is 1.98. The van der Waals surface area contributed by atoms with Crippen LogP contribution in [0.15, 0.2) is 0 Å². The summed E-state index contributed by atoms with van der Waals surface area (Å²) in [5.74, 6) is 0.914. The summed E-state index contributed by atoms with van der Waals surface area (Å²) in [5, 5.41) is 4.15. The maximum absolute atomic E-state index is 5.65. The van der Waals surface area contributed by atoms with Gasteiger partial charge in [-0.15, -0.1) is 0 Å². The molecule has 0 radical (unpaired) electrons. The molecule has 1 heterocycles. The van der Waals surface area contributed by atoms with Gasteiger partial charge >= 0.3 is 0 Å². The Morgan fingerprint density at radius 2 is 2.50 bits per heavy atom. The molecule has 1 aromatic heterocycles. The van der Waals surface area contributed by atoms with Gasteiger partial charge in [-0.25, -0.2) is 4.98 Å². The highest BCUT2D eigenvalue weighted by Crippen LogP contribution is 2.24. The van der Waals surface area contributed by atoms with Gasteiger partial charge in [-0.3, -0.25) is 0 Å². The molecule has 66 valence electrons. The number of aryl methyl sites for hydroxylation is 1. The third kappa shape index (κ3) is 1.56. The average Bonchev–Trinajstić information content (AvgIpc) is 2.61. The Morgan fingerprint density at radius 3 is 3.00 bits per heavy atom. The molecule has 0 aromatic carbocycles. The normalized spacial score (nSPS) is 27.2. The molecule has 12 heavy (non-hydrogen) atoms. The Bertz CT molecular complexity index is 272. The molecule has 0 bridgehead atoms. The van der Waals surface area contributed by atoms with E-state index in [1.165, 1.54) is 11.5 Å². The lowest BCUT2D eigenvalue weighted by Gasteiger charge is -1.95. The van der Waals surface area contributed by atoms with Gasteiger partial charge in [-0.2, -0.15) is 4.37 Å². The molecule has 3 N–H and O–H groups in total. The molecule has 1 saturated carbocycles. The van der Waals surface area contributed by atoms with Gasteiger partial charge in [0.2, 0.25) is 5.13 Å². The van der Waals surface area contributed by atoms with E-state index in [-0.39, 0.29) is 0 Å². The van der Waals surface area contributed by atoms with E-state index in [0.29, 0.717) is 12.1 Å². The molecule has 0 spiro atoms. The number of nitrogens with one attached hydrogen (secondary N) is 1. The van der Waals surface area contributed by atoms with Crippen LogP contribution in [-0.2, 0) is 6.42 Å². The highest BCUT2D eigenvalue weighted by molar-refractivity contribution is 7.09. The summed E-state index contributed by atoms with van der Waals surface area (Å²) in [5.41, 5.74) is 5.65. The van der Waals surface area contributed by atoms with Crippen LogP contribution < -0.4 is 11.1 Å². The molecular weight excluding hydrogens is 172 g/mol. The van der Waals surface area contributed by atoms with Crippen molar-refractivity contribution < 1.29 is 0 Å². The van der Waals surface area contributed by atoms with E-state index in [9.17, 15) is 0 Å². The average molecular weight is 184 g/mol. The first-order valence-corrected chi connectivity index (χ1v) is 4.91. The van der Waals surface area contributed by atoms with Crippen molar-refractivity contribution in [1.82, 2.24) is 9.36 Å². The second kappa shape index (κ2) is 2.99. The summed E-state index contributed by atoms with van der Waals surface area (Å²) in [6.45, 7) is 2.05. The molecular formula is C7H12N4S. The standard InChI is InChI=1S/C7H12N4S/c1-2-6-10-7(12-11-6)9-5-3-4(5)8/h4-5H,2-3,8H2,1H3,(H,9,10,11).